The van der Waals surface area contributed by atoms with Gasteiger partial charge in [-0.15, -0.1) is 0 Å². The Morgan fingerprint density at radius 1 is 1.04 bits per heavy atom. The van der Waals surface area contributed by atoms with E-state index in [4.69, 9.17) is 14.2 Å². The van der Waals surface area contributed by atoms with Crippen molar-refractivity contribution in [1.29, 1.82) is 0 Å². The number of fused-ring (bicyclic) bond motifs is 1. The average molecular weight is 383 g/mol. The molecule has 1 atom stereocenters. The molecule has 0 radical (unpaired) electrons. The van der Waals surface area contributed by atoms with Crippen molar-refractivity contribution in [3.8, 4) is 11.5 Å². The third-order valence-corrected chi connectivity index (χ3v) is 5.87. The summed E-state index contributed by atoms with van der Waals surface area (Å²) in [4.78, 5) is 5.00. The predicted octanol–water partition coefficient (Wildman–Crippen LogP) is 3.45. The van der Waals surface area contributed by atoms with E-state index in [-0.39, 0.29) is 6.10 Å². The molecule has 2 aromatic carbocycles. The number of nitrogens with zero attached hydrogens (tertiary/aromatic N) is 2. The van der Waals surface area contributed by atoms with E-state index in [1.165, 1.54) is 22.4 Å². The van der Waals surface area contributed by atoms with Crippen LogP contribution in [0, 0.1) is 6.92 Å². The van der Waals surface area contributed by atoms with Gasteiger partial charge in [0.25, 0.3) is 0 Å². The van der Waals surface area contributed by atoms with Gasteiger partial charge in [0.05, 0.1) is 26.9 Å². The molecule has 28 heavy (non-hydrogen) atoms. The molecule has 4 rings (SSSR count). The van der Waals surface area contributed by atoms with Crippen LogP contribution in [0.5, 0.6) is 11.5 Å². The normalized spacial score (nSPS) is 20.0. The summed E-state index contributed by atoms with van der Waals surface area (Å²) in [6.45, 7) is 8.01. The molecule has 2 heterocycles. The Labute approximate surface area is 167 Å². The van der Waals surface area contributed by atoms with Crippen LogP contribution < -0.4 is 14.4 Å². The second-order valence-electron chi connectivity index (χ2n) is 7.60. The summed E-state index contributed by atoms with van der Waals surface area (Å²) in [7, 11) is 3.40. The quantitative estimate of drug-likeness (QED) is 0.791. The summed E-state index contributed by atoms with van der Waals surface area (Å²) in [6.07, 6.45) is 0.960. The molecule has 0 N–H and O–H groups in total. The maximum atomic E-state index is 6.16. The maximum Gasteiger partial charge on any atom is 0.164 e. The lowest BCUT2D eigenvalue weighted by atomic mass is 9.95. The number of aryl methyl sites for hydroxylation is 1. The van der Waals surface area contributed by atoms with Crippen LogP contribution in [0.4, 0.5) is 5.69 Å². The first-order valence-electron chi connectivity index (χ1n) is 10.1. The molecule has 150 valence electrons. The zero-order valence-corrected chi connectivity index (χ0v) is 17.1. The molecule has 0 saturated carbocycles. The van der Waals surface area contributed by atoms with Crippen LogP contribution in [0.15, 0.2) is 36.4 Å². The Balaban J connectivity index is 1.43. The summed E-state index contributed by atoms with van der Waals surface area (Å²) in [5.74, 6) is 1.66. The fraction of sp³-hybridized carbons (Fsp3) is 0.478. The van der Waals surface area contributed by atoms with Gasteiger partial charge >= 0.3 is 0 Å². The minimum absolute atomic E-state index is 0.0917. The van der Waals surface area contributed by atoms with Gasteiger partial charge in [0.2, 0.25) is 0 Å². The first-order chi connectivity index (χ1) is 13.7. The number of benzene rings is 2. The average Bonchev–Trinajstić information content (AvgIpc) is 2.73. The highest BCUT2D eigenvalue weighted by molar-refractivity contribution is 5.52. The topological polar surface area (TPSA) is 34.2 Å². The molecule has 0 aliphatic carbocycles. The van der Waals surface area contributed by atoms with Crippen molar-refractivity contribution in [3.63, 3.8) is 0 Å². The molecule has 0 aromatic heterocycles. The summed E-state index contributed by atoms with van der Waals surface area (Å²) in [5, 5.41) is 0. The van der Waals surface area contributed by atoms with Crippen LogP contribution in [0.2, 0.25) is 0 Å². The summed E-state index contributed by atoms with van der Waals surface area (Å²) < 4.78 is 17.3. The Bertz CT molecular complexity index is 815. The van der Waals surface area contributed by atoms with Crippen LogP contribution in [0.3, 0.4) is 0 Å². The SMILES string of the molecule is COc1ccc2c(c1OC)CCOC2CN1CCN(c2cccc(C)c2)CC1. The van der Waals surface area contributed by atoms with E-state index in [0.29, 0.717) is 0 Å². The van der Waals surface area contributed by atoms with Gasteiger partial charge in [-0.1, -0.05) is 18.2 Å². The molecule has 5 nitrogen and oxygen atoms in total. The lowest BCUT2D eigenvalue weighted by molar-refractivity contribution is 0.0142. The Morgan fingerprint density at radius 2 is 1.86 bits per heavy atom. The highest BCUT2D eigenvalue weighted by Crippen LogP contribution is 2.39. The molecular weight excluding hydrogens is 352 g/mol. The fourth-order valence-corrected chi connectivity index (χ4v) is 4.36. The number of ether oxygens (including phenoxy) is 3. The summed E-state index contributed by atoms with van der Waals surface area (Å²) in [5.41, 5.74) is 5.12. The number of piperazine rings is 1. The maximum absolute atomic E-state index is 6.16. The molecule has 1 fully saturated rings. The minimum Gasteiger partial charge on any atom is -0.493 e. The Hall–Kier alpha value is -2.24. The summed E-state index contributed by atoms with van der Waals surface area (Å²) in [6, 6.07) is 12.9. The molecule has 0 spiro atoms. The van der Waals surface area contributed by atoms with Crippen LogP contribution >= 0.6 is 0 Å². The molecule has 2 aromatic rings. The first kappa shape index (κ1) is 19.1. The monoisotopic (exact) mass is 382 g/mol. The van der Waals surface area contributed by atoms with E-state index in [9.17, 15) is 0 Å². The minimum atomic E-state index is 0.0917. The van der Waals surface area contributed by atoms with Crippen molar-refractivity contribution in [1.82, 2.24) is 4.90 Å². The molecule has 2 aliphatic heterocycles. The van der Waals surface area contributed by atoms with E-state index in [1.54, 1.807) is 14.2 Å². The standard InChI is InChI=1S/C23H30N2O3/c1-17-5-4-6-18(15-17)25-12-10-24(11-13-25)16-22-19-7-8-21(26-2)23(27-3)20(19)9-14-28-22/h4-8,15,22H,9-14,16H2,1-3H3. The van der Waals surface area contributed by atoms with E-state index in [0.717, 1.165) is 57.3 Å². The molecule has 0 bridgehead atoms. The third kappa shape index (κ3) is 3.82. The van der Waals surface area contributed by atoms with Gasteiger partial charge < -0.3 is 19.1 Å². The smallest absolute Gasteiger partial charge is 0.164 e. The van der Waals surface area contributed by atoms with Crippen molar-refractivity contribution in [2.75, 3.05) is 58.5 Å². The number of anilines is 1. The predicted molar refractivity (Wildman–Crippen MR) is 112 cm³/mol. The van der Waals surface area contributed by atoms with Crippen molar-refractivity contribution in [3.05, 3.63) is 53.1 Å². The number of hydrogen-bond donors (Lipinski definition) is 0. The van der Waals surface area contributed by atoms with Gasteiger partial charge in [0, 0.05) is 44.0 Å². The Kier molecular flexibility index (Phi) is 5.74. The van der Waals surface area contributed by atoms with Crippen LogP contribution in [0.25, 0.3) is 0 Å². The van der Waals surface area contributed by atoms with Crippen molar-refractivity contribution >= 4 is 5.69 Å². The fourth-order valence-electron chi connectivity index (χ4n) is 4.36. The molecular formula is C23H30N2O3. The van der Waals surface area contributed by atoms with Gasteiger partial charge in [-0.3, -0.25) is 4.90 Å². The number of hydrogen-bond acceptors (Lipinski definition) is 5. The van der Waals surface area contributed by atoms with Gasteiger partial charge in [-0.2, -0.15) is 0 Å². The van der Waals surface area contributed by atoms with Crippen molar-refractivity contribution in [2.24, 2.45) is 0 Å². The van der Waals surface area contributed by atoms with Crippen molar-refractivity contribution < 1.29 is 14.2 Å². The number of rotatable bonds is 5. The highest BCUT2D eigenvalue weighted by atomic mass is 16.5. The second kappa shape index (κ2) is 8.41. The van der Waals surface area contributed by atoms with Gasteiger partial charge in [-0.05, 0) is 42.7 Å². The van der Waals surface area contributed by atoms with Crippen LogP contribution in [-0.2, 0) is 11.2 Å². The van der Waals surface area contributed by atoms with E-state index < -0.39 is 0 Å². The molecule has 0 amide bonds. The molecule has 1 saturated heterocycles. The first-order valence-corrected chi connectivity index (χ1v) is 10.1. The van der Waals surface area contributed by atoms with Gasteiger partial charge in [0.15, 0.2) is 11.5 Å². The molecule has 5 heteroatoms. The molecule has 1 unspecified atom stereocenters. The second-order valence-corrected chi connectivity index (χ2v) is 7.60. The highest BCUT2D eigenvalue weighted by Gasteiger charge is 2.28. The Morgan fingerprint density at radius 3 is 2.57 bits per heavy atom. The van der Waals surface area contributed by atoms with Crippen molar-refractivity contribution in [2.45, 2.75) is 19.4 Å². The van der Waals surface area contributed by atoms with Crippen LogP contribution in [0.1, 0.15) is 22.8 Å². The lowest BCUT2D eigenvalue weighted by Gasteiger charge is -2.38. The zero-order chi connectivity index (χ0) is 19.5. The summed E-state index contributed by atoms with van der Waals surface area (Å²) >= 11 is 0. The van der Waals surface area contributed by atoms with Crippen LogP contribution in [-0.4, -0.2) is 58.5 Å². The largest absolute Gasteiger partial charge is 0.493 e. The third-order valence-electron chi connectivity index (χ3n) is 5.87. The van der Waals surface area contributed by atoms with E-state index in [2.05, 4.69) is 47.1 Å². The number of methoxy groups -OCH3 is 2. The lowest BCUT2D eigenvalue weighted by Crippen LogP contribution is -2.48. The van der Waals surface area contributed by atoms with Gasteiger partial charge in [-0.25, -0.2) is 0 Å². The van der Waals surface area contributed by atoms with E-state index >= 15 is 0 Å². The van der Waals surface area contributed by atoms with E-state index in [1.807, 2.05) is 6.07 Å². The van der Waals surface area contributed by atoms with Gasteiger partial charge in [0.1, 0.15) is 0 Å². The zero-order valence-electron chi connectivity index (χ0n) is 17.1. The molecule has 2 aliphatic rings.